The standard InChI is InChI=1S/C19H17N3O3S2/c1-14(13-15-5-3-2-4-6-15)18(23)21-16-7-9-17(10-8-16)27(24,25)22-19-20-11-12-26-19/h2-13H,1H3,(H,20,22)(H,21,23)/b14-13+. The van der Waals surface area contributed by atoms with E-state index in [2.05, 4.69) is 15.0 Å². The molecule has 27 heavy (non-hydrogen) atoms. The van der Waals surface area contributed by atoms with Crippen molar-refractivity contribution in [3.05, 3.63) is 77.3 Å². The largest absolute Gasteiger partial charge is 0.322 e. The van der Waals surface area contributed by atoms with Gasteiger partial charge in [0.05, 0.1) is 4.90 Å². The number of hydrogen-bond donors (Lipinski definition) is 2. The van der Waals surface area contributed by atoms with Crippen LogP contribution in [0.1, 0.15) is 12.5 Å². The van der Waals surface area contributed by atoms with Gasteiger partial charge in [-0.3, -0.25) is 9.52 Å². The van der Waals surface area contributed by atoms with E-state index in [1.807, 2.05) is 30.3 Å². The van der Waals surface area contributed by atoms with Crippen LogP contribution in [0.4, 0.5) is 10.8 Å². The lowest BCUT2D eigenvalue weighted by molar-refractivity contribution is -0.112. The zero-order valence-corrected chi connectivity index (χ0v) is 16.0. The number of sulfonamides is 1. The topological polar surface area (TPSA) is 88.2 Å². The van der Waals surface area contributed by atoms with E-state index in [4.69, 9.17) is 0 Å². The van der Waals surface area contributed by atoms with Crippen molar-refractivity contribution in [2.45, 2.75) is 11.8 Å². The van der Waals surface area contributed by atoms with Crippen LogP contribution in [0, 0.1) is 0 Å². The number of carbonyl (C=O) groups excluding carboxylic acids is 1. The number of anilines is 2. The summed E-state index contributed by atoms with van der Waals surface area (Å²) in [6.07, 6.45) is 3.30. The zero-order chi connectivity index (χ0) is 19.3. The minimum Gasteiger partial charge on any atom is -0.322 e. The van der Waals surface area contributed by atoms with Crippen molar-refractivity contribution >= 4 is 44.2 Å². The predicted molar refractivity (Wildman–Crippen MR) is 108 cm³/mol. The molecular formula is C19H17N3O3S2. The van der Waals surface area contributed by atoms with E-state index >= 15 is 0 Å². The van der Waals surface area contributed by atoms with Crippen molar-refractivity contribution < 1.29 is 13.2 Å². The molecule has 0 aliphatic heterocycles. The second-order valence-electron chi connectivity index (χ2n) is 5.66. The number of nitrogens with zero attached hydrogens (tertiary/aromatic N) is 1. The van der Waals surface area contributed by atoms with Gasteiger partial charge in [0.2, 0.25) is 0 Å². The first-order valence-electron chi connectivity index (χ1n) is 8.01. The summed E-state index contributed by atoms with van der Waals surface area (Å²) in [7, 11) is -3.71. The molecule has 3 rings (SSSR count). The van der Waals surface area contributed by atoms with Crippen LogP contribution in [-0.4, -0.2) is 19.3 Å². The smallest absolute Gasteiger partial charge is 0.263 e. The van der Waals surface area contributed by atoms with Crippen LogP contribution in [0.25, 0.3) is 6.08 Å². The number of rotatable bonds is 6. The molecule has 6 nitrogen and oxygen atoms in total. The molecule has 1 heterocycles. The second-order valence-corrected chi connectivity index (χ2v) is 8.24. The highest BCUT2D eigenvalue weighted by atomic mass is 32.2. The van der Waals surface area contributed by atoms with Crippen LogP contribution >= 0.6 is 11.3 Å². The molecule has 0 aliphatic carbocycles. The van der Waals surface area contributed by atoms with E-state index in [9.17, 15) is 13.2 Å². The van der Waals surface area contributed by atoms with Crippen molar-refractivity contribution in [3.8, 4) is 0 Å². The van der Waals surface area contributed by atoms with Crippen molar-refractivity contribution in [1.82, 2.24) is 4.98 Å². The molecule has 2 aromatic carbocycles. The Morgan fingerprint density at radius 3 is 2.41 bits per heavy atom. The van der Waals surface area contributed by atoms with Crippen molar-refractivity contribution in [2.24, 2.45) is 0 Å². The summed E-state index contributed by atoms with van der Waals surface area (Å²) in [5, 5.41) is 4.74. The van der Waals surface area contributed by atoms with E-state index in [1.165, 1.54) is 29.7 Å². The Morgan fingerprint density at radius 1 is 1.07 bits per heavy atom. The first-order valence-corrected chi connectivity index (χ1v) is 10.4. The molecule has 0 spiro atoms. The fourth-order valence-electron chi connectivity index (χ4n) is 2.26. The van der Waals surface area contributed by atoms with Crippen LogP contribution in [0.3, 0.4) is 0 Å². The van der Waals surface area contributed by atoms with Gasteiger partial charge < -0.3 is 5.32 Å². The summed E-state index contributed by atoms with van der Waals surface area (Å²) in [5.74, 6) is -0.254. The Bertz CT molecular complexity index is 1040. The summed E-state index contributed by atoms with van der Waals surface area (Å²) >= 11 is 1.20. The molecule has 8 heteroatoms. The third-order valence-electron chi connectivity index (χ3n) is 3.62. The average molecular weight is 399 g/mol. The molecule has 1 amide bonds. The van der Waals surface area contributed by atoms with Crippen molar-refractivity contribution in [1.29, 1.82) is 0 Å². The van der Waals surface area contributed by atoms with Gasteiger partial charge in [0.25, 0.3) is 15.9 Å². The molecule has 0 unspecified atom stereocenters. The third-order valence-corrected chi connectivity index (χ3v) is 5.79. The molecule has 0 bridgehead atoms. The SMILES string of the molecule is C/C(=C\c1ccccc1)C(=O)Nc1ccc(S(=O)(=O)Nc2nccs2)cc1. The average Bonchev–Trinajstić information content (AvgIpc) is 3.15. The number of hydrogen-bond acceptors (Lipinski definition) is 5. The van der Waals surface area contributed by atoms with Gasteiger partial charge in [-0.2, -0.15) is 0 Å². The number of carbonyl (C=O) groups is 1. The van der Waals surface area contributed by atoms with Crippen molar-refractivity contribution in [2.75, 3.05) is 10.0 Å². The Morgan fingerprint density at radius 2 is 1.78 bits per heavy atom. The van der Waals surface area contributed by atoms with Gasteiger partial charge in [-0.1, -0.05) is 30.3 Å². The summed E-state index contributed by atoms with van der Waals surface area (Å²) in [6.45, 7) is 1.72. The van der Waals surface area contributed by atoms with Gasteiger partial charge in [-0.15, -0.1) is 11.3 Å². The van der Waals surface area contributed by atoms with Gasteiger partial charge in [0, 0.05) is 22.8 Å². The highest BCUT2D eigenvalue weighted by molar-refractivity contribution is 7.93. The van der Waals surface area contributed by atoms with Crippen LogP contribution in [-0.2, 0) is 14.8 Å². The van der Waals surface area contributed by atoms with Gasteiger partial charge in [0.1, 0.15) is 0 Å². The number of amides is 1. The maximum Gasteiger partial charge on any atom is 0.263 e. The molecule has 2 N–H and O–H groups in total. The molecule has 138 valence electrons. The Labute approximate surface area is 161 Å². The number of benzene rings is 2. The van der Waals surface area contributed by atoms with Crippen LogP contribution in [0.15, 0.2) is 76.6 Å². The Hall–Kier alpha value is -2.97. The highest BCUT2D eigenvalue weighted by Crippen LogP contribution is 2.20. The minimum absolute atomic E-state index is 0.0900. The minimum atomic E-state index is -3.71. The number of aromatic nitrogens is 1. The maximum absolute atomic E-state index is 12.3. The molecule has 3 aromatic rings. The maximum atomic E-state index is 12.3. The quantitative estimate of drug-likeness (QED) is 0.614. The summed E-state index contributed by atoms with van der Waals surface area (Å²) < 4.78 is 27.0. The predicted octanol–water partition coefficient (Wildman–Crippen LogP) is 3.99. The normalized spacial score (nSPS) is 11.8. The van der Waals surface area contributed by atoms with Gasteiger partial charge in [0.15, 0.2) is 5.13 Å². The second kappa shape index (κ2) is 8.15. The molecule has 0 radical (unpaired) electrons. The van der Waals surface area contributed by atoms with E-state index in [0.29, 0.717) is 16.4 Å². The van der Waals surface area contributed by atoms with Crippen LogP contribution in [0.2, 0.25) is 0 Å². The molecule has 1 aromatic heterocycles. The number of nitrogens with one attached hydrogen (secondary N) is 2. The third kappa shape index (κ3) is 5.02. The van der Waals surface area contributed by atoms with Gasteiger partial charge in [-0.25, -0.2) is 13.4 Å². The van der Waals surface area contributed by atoms with E-state index in [0.717, 1.165) is 5.56 Å². The van der Waals surface area contributed by atoms with Gasteiger partial charge >= 0.3 is 0 Å². The molecular weight excluding hydrogens is 382 g/mol. The zero-order valence-electron chi connectivity index (χ0n) is 14.4. The molecule has 0 fully saturated rings. The molecule has 0 atom stereocenters. The van der Waals surface area contributed by atoms with E-state index in [-0.39, 0.29) is 10.8 Å². The summed E-state index contributed by atoms with van der Waals surface area (Å²) in [6, 6.07) is 15.5. The van der Waals surface area contributed by atoms with Crippen LogP contribution < -0.4 is 10.0 Å². The highest BCUT2D eigenvalue weighted by Gasteiger charge is 2.15. The lowest BCUT2D eigenvalue weighted by Crippen LogP contribution is -2.14. The number of thiazole rings is 1. The lowest BCUT2D eigenvalue weighted by Gasteiger charge is -2.08. The van der Waals surface area contributed by atoms with Crippen LogP contribution in [0.5, 0.6) is 0 Å². The molecule has 0 saturated carbocycles. The van der Waals surface area contributed by atoms with E-state index < -0.39 is 10.0 Å². The Kier molecular flexibility index (Phi) is 5.68. The molecule has 0 aliphatic rings. The first-order chi connectivity index (χ1) is 12.9. The first kappa shape index (κ1) is 18.8. The van der Waals surface area contributed by atoms with Crippen molar-refractivity contribution in [3.63, 3.8) is 0 Å². The fraction of sp³-hybridized carbons (Fsp3) is 0.0526. The van der Waals surface area contributed by atoms with Gasteiger partial charge in [-0.05, 0) is 42.8 Å². The molecule has 0 saturated heterocycles. The lowest BCUT2D eigenvalue weighted by atomic mass is 10.1. The monoisotopic (exact) mass is 399 g/mol. The van der Waals surface area contributed by atoms with E-state index in [1.54, 1.807) is 30.5 Å². The summed E-state index contributed by atoms with van der Waals surface area (Å²) in [5.41, 5.74) is 1.98. The summed E-state index contributed by atoms with van der Waals surface area (Å²) in [4.78, 5) is 16.3. The fourth-order valence-corrected chi connectivity index (χ4v) is 4.05. The Balaban J connectivity index is 1.68.